The Bertz CT molecular complexity index is 1290. The molecule has 0 fully saturated rings. The van der Waals surface area contributed by atoms with Gasteiger partial charge in [0.25, 0.3) is 0 Å². The second-order valence-electron chi connectivity index (χ2n) is 7.51. The van der Waals surface area contributed by atoms with Gasteiger partial charge >= 0.3 is 6.18 Å². The van der Waals surface area contributed by atoms with Gasteiger partial charge in [0.1, 0.15) is 0 Å². The fourth-order valence-electron chi connectivity index (χ4n) is 3.65. The molecule has 4 aromatic rings. The summed E-state index contributed by atoms with van der Waals surface area (Å²) >= 11 is 5.51. The van der Waals surface area contributed by atoms with Crippen molar-refractivity contribution in [2.45, 2.75) is 26.6 Å². The van der Waals surface area contributed by atoms with Crippen molar-refractivity contribution in [3.63, 3.8) is 0 Å². The number of benzene rings is 3. The average molecular weight is 455 g/mol. The van der Waals surface area contributed by atoms with Crippen molar-refractivity contribution in [3.05, 3.63) is 89.2 Å². The minimum absolute atomic E-state index is 0.224. The van der Waals surface area contributed by atoms with Gasteiger partial charge in [0.2, 0.25) is 0 Å². The number of halogens is 3. The number of nitrogens with zero attached hydrogens (tertiary/aromatic N) is 2. The molecule has 1 aromatic heterocycles. The second kappa shape index (κ2) is 8.63. The van der Waals surface area contributed by atoms with Crippen molar-refractivity contribution >= 4 is 39.5 Å². The van der Waals surface area contributed by atoms with E-state index in [0.717, 1.165) is 40.0 Å². The molecule has 0 saturated carbocycles. The first-order valence-electron chi connectivity index (χ1n) is 9.98. The lowest BCUT2D eigenvalue weighted by molar-refractivity contribution is -0.137. The monoisotopic (exact) mass is 454 g/mol. The highest BCUT2D eigenvalue weighted by Gasteiger charge is 2.30. The third kappa shape index (κ3) is 4.60. The number of thiocarbonyl (C=S) groups is 1. The van der Waals surface area contributed by atoms with Gasteiger partial charge < -0.3 is 10.6 Å². The van der Waals surface area contributed by atoms with Crippen molar-refractivity contribution in [1.29, 1.82) is 0 Å². The fourth-order valence-corrected chi connectivity index (χ4v) is 3.86. The number of rotatable bonds is 4. The van der Waals surface area contributed by atoms with Gasteiger partial charge in [-0.2, -0.15) is 18.3 Å². The van der Waals surface area contributed by atoms with E-state index in [2.05, 4.69) is 15.7 Å². The van der Waals surface area contributed by atoms with Crippen LogP contribution in [-0.2, 0) is 12.7 Å². The van der Waals surface area contributed by atoms with E-state index in [4.69, 9.17) is 12.2 Å². The third-order valence-electron chi connectivity index (χ3n) is 5.24. The molecular formula is C24H21F3N4S. The quantitative estimate of drug-likeness (QED) is 0.344. The Hall–Kier alpha value is -3.39. The smallest absolute Gasteiger partial charge is 0.332 e. The van der Waals surface area contributed by atoms with E-state index < -0.39 is 11.7 Å². The Labute approximate surface area is 189 Å². The summed E-state index contributed by atoms with van der Waals surface area (Å²) in [5, 5.41) is 13.5. The topological polar surface area (TPSA) is 41.9 Å². The van der Waals surface area contributed by atoms with Crippen LogP contribution in [0.5, 0.6) is 0 Å². The summed E-state index contributed by atoms with van der Waals surface area (Å²) in [4.78, 5) is 0. The maximum absolute atomic E-state index is 13.0. The number of nitrogens with one attached hydrogen (secondary N) is 2. The summed E-state index contributed by atoms with van der Waals surface area (Å²) in [6.45, 7) is 3.91. The van der Waals surface area contributed by atoms with E-state index in [1.807, 2.05) is 56.3 Å². The first-order valence-corrected chi connectivity index (χ1v) is 10.4. The van der Waals surface area contributed by atoms with Gasteiger partial charge in [-0.15, -0.1) is 0 Å². The van der Waals surface area contributed by atoms with Crippen LogP contribution < -0.4 is 10.6 Å². The van der Waals surface area contributed by atoms with Crippen LogP contribution in [0, 0.1) is 13.8 Å². The molecule has 4 rings (SSSR count). The van der Waals surface area contributed by atoms with Gasteiger partial charge in [-0.25, -0.2) is 0 Å². The van der Waals surface area contributed by atoms with Crippen molar-refractivity contribution in [2.24, 2.45) is 0 Å². The molecule has 8 heteroatoms. The summed E-state index contributed by atoms with van der Waals surface area (Å²) < 4.78 is 40.7. The summed E-state index contributed by atoms with van der Waals surface area (Å²) in [6.07, 6.45) is -4.38. The number of hydrogen-bond acceptors (Lipinski definition) is 2. The first kappa shape index (κ1) is 21.8. The van der Waals surface area contributed by atoms with Crippen LogP contribution in [0.15, 0.2) is 66.7 Å². The van der Waals surface area contributed by atoms with Gasteiger partial charge in [0.15, 0.2) is 5.11 Å². The Morgan fingerprint density at radius 1 is 0.969 bits per heavy atom. The second-order valence-corrected chi connectivity index (χ2v) is 7.92. The number of aromatic nitrogens is 2. The van der Waals surface area contributed by atoms with E-state index in [0.29, 0.717) is 16.4 Å². The highest BCUT2D eigenvalue weighted by Crippen LogP contribution is 2.30. The predicted molar refractivity (Wildman–Crippen MR) is 126 cm³/mol. The average Bonchev–Trinajstić information content (AvgIpc) is 3.01. The van der Waals surface area contributed by atoms with Crippen LogP contribution in [0.4, 0.5) is 24.5 Å². The van der Waals surface area contributed by atoms with E-state index in [1.165, 1.54) is 6.07 Å². The van der Waals surface area contributed by atoms with Gasteiger partial charge in [-0.3, -0.25) is 4.68 Å². The normalized spacial score (nSPS) is 11.5. The SMILES string of the molecule is Cc1nn(Cc2cccc(C(F)(F)F)c2)c(C)c1NC(=S)Nc1cccc2ccccc12. The van der Waals surface area contributed by atoms with Crippen LogP contribution in [0.3, 0.4) is 0 Å². The molecule has 164 valence electrons. The van der Waals surface area contributed by atoms with Crippen molar-refractivity contribution in [1.82, 2.24) is 9.78 Å². The molecule has 0 bridgehead atoms. The van der Waals surface area contributed by atoms with E-state index in [9.17, 15) is 13.2 Å². The van der Waals surface area contributed by atoms with E-state index >= 15 is 0 Å². The lowest BCUT2D eigenvalue weighted by Gasteiger charge is -2.13. The molecule has 0 atom stereocenters. The van der Waals surface area contributed by atoms with E-state index in [-0.39, 0.29) is 6.54 Å². The summed E-state index contributed by atoms with van der Waals surface area (Å²) in [6, 6.07) is 19.2. The lowest BCUT2D eigenvalue weighted by Crippen LogP contribution is -2.20. The van der Waals surface area contributed by atoms with Crippen LogP contribution >= 0.6 is 12.2 Å². The molecule has 4 nitrogen and oxygen atoms in total. The molecule has 0 saturated heterocycles. The van der Waals surface area contributed by atoms with Crippen LogP contribution in [0.1, 0.15) is 22.5 Å². The standard InChI is InChI=1S/C24H21F3N4S/c1-15-22(29-23(32)28-21-12-6-9-18-8-3-4-11-20(18)21)16(2)31(30-15)14-17-7-5-10-19(13-17)24(25,26)27/h3-13H,14H2,1-2H3,(H2,28,29,32). The minimum atomic E-state index is -4.38. The van der Waals surface area contributed by atoms with Gasteiger partial charge in [0.05, 0.1) is 29.2 Å². The highest BCUT2D eigenvalue weighted by atomic mass is 32.1. The van der Waals surface area contributed by atoms with Crippen LogP contribution in [0.25, 0.3) is 10.8 Å². The number of anilines is 2. The van der Waals surface area contributed by atoms with Crippen molar-refractivity contribution in [3.8, 4) is 0 Å². The molecule has 0 amide bonds. The third-order valence-corrected chi connectivity index (χ3v) is 5.45. The molecule has 0 spiro atoms. The lowest BCUT2D eigenvalue weighted by atomic mass is 10.1. The first-order chi connectivity index (χ1) is 15.2. The molecule has 1 heterocycles. The molecule has 0 radical (unpaired) electrons. The largest absolute Gasteiger partial charge is 0.416 e. The molecule has 0 unspecified atom stereocenters. The number of alkyl halides is 3. The Morgan fingerprint density at radius 2 is 1.69 bits per heavy atom. The molecule has 2 N–H and O–H groups in total. The zero-order chi connectivity index (χ0) is 22.9. The van der Waals surface area contributed by atoms with Gasteiger partial charge in [-0.05, 0) is 55.2 Å². The summed E-state index contributed by atoms with van der Waals surface area (Å²) in [7, 11) is 0. The molecule has 3 aromatic carbocycles. The number of aryl methyl sites for hydroxylation is 1. The Morgan fingerprint density at radius 3 is 2.47 bits per heavy atom. The van der Waals surface area contributed by atoms with Crippen LogP contribution in [-0.4, -0.2) is 14.9 Å². The van der Waals surface area contributed by atoms with Crippen LogP contribution in [0.2, 0.25) is 0 Å². The maximum Gasteiger partial charge on any atom is 0.416 e. The molecule has 0 aliphatic rings. The zero-order valence-corrected chi connectivity index (χ0v) is 18.3. The van der Waals surface area contributed by atoms with Gasteiger partial charge in [0, 0.05) is 11.1 Å². The summed E-state index contributed by atoms with van der Waals surface area (Å²) in [5.74, 6) is 0. The van der Waals surface area contributed by atoms with Gasteiger partial charge in [-0.1, -0.05) is 48.5 Å². The predicted octanol–water partition coefficient (Wildman–Crippen LogP) is 6.53. The number of fused-ring (bicyclic) bond motifs is 1. The number of hydrogen-bond donors (Lipinski definition) is 2. The maximum atomic E-state index is 13.0. The minimum Gasteiger partial charge on any atom is -0.332 e. The molecule has 0 aliphatic carbocycles. The molecular weight excluding hydrogens is 433 g/mol. The van der Waals surface area contributed by atoms with Crippen molar-refractivity contribution < 1.29 is 13.2 Å². The van der Waals surface area contributed by atoms with Crippen molar-refractivity contribution in [2.75, 3.05) is 10.6 Å². The van der Waals surface area contributed by atoms with E-state index in [1.54, 1.807) is 10.7 Å². The fraction of sp³-hybridized carbons (Fsp3) is 0.167. The Kier molecular flexibility index (Phi) is 5.88. The zero-order valence-electron chi connectivity index (χ0n) is 17.5. The summed E-state index contributed by atoms with van der Waals surface area (Å²) in [5.41, 5.74) is 2.95. The molecule has 32 heavy (non-hydrogen) atoms. The molecule has 0 aliphatic heterocycles. The highest BCUT2D eigenvalue weighted by molar-refractivity contribution is 7.80. The Balaban J connectivity index is 1.52.